The van der Waals surface area contributed by atoms with Crippen molar-refractivity contribution >= 4 is 17.5 Å². The van der Waals surface area contributed by atoms with Crippen molar-refractivity contribution in [3.8, 4) is 5.75 Å². The van der Waals surface area contributed by atoms with Crippen LogP contribution in [0.4, 0.5) is 0 Å². The number of fused-ring (bicyclic) bond motifs is 2. The zero-order valence-corrected chi connectivity index (χ0v) is 16.8. The van der Waals surface area contributed by atoms with Crippen LogP contribution in [0.1, 0.15) is 51.1 Å². The average Bonchev–Trinajstić information content (AvgIpc) is 3.17. The number of carbonyl (C=O) groups excluding carboxylic acids is 1. The SMILES string of the molecule is Cc1cnn(C2CC3CCC(C2)N3C(=O)C(C)(C)Oc2ccc(Cl)cc2)c1. The minimum absolute atomic E-state index is 0.0695. The number of aryl methyl sites for hydroxylation is 1. The van der Waals surface area contributed by atoms with E-state index in [1.165, 1.54) is 5.56 Å². The third kappa shape index (κ3) is 3.57. The van der Waals surface area contributed by atoms with Gasteiger partial charge in [0.15, 0.2) is 5.60 Å². The minimum Gasteiger partial charge on any atom is -0.478 e. The number of nitrogens with zero attached hydrogens (tertiary/aromatic N) is 3. The predicted octanol–water partition coefficient (Wildman–Crippen LogP) is 4.40. The maximum Gasteiger partial charge on any atom is 0.266 e. The lowest BCUT2D eigenvalue weighted by Crippen LogP contribution is -2.55. The van der Waals surface area contributed by atoms with Crippen LogP contribution in [0.2, 0.25) is 5.02 Å². The Hall–Kier alpha value is -2.01. The maximum atomic E-state index is 13.4. The Labute approximate surface area is 165 Å². The largest absolute Gasteiger partial charge is 0.478 e. The third-order valence-electron chi connectivity index (χ3n) is 5.75. The van der Waals surface area contributed by atoms with Gasteiger partial charge in [-0.15, -0.1) is 0 Å². The first kappa shape index (κ1) is 18.4. The predicted molar refractivity (Wildman–Crippen MR) is 105 cm³/mol. The molecule has 1 amide bonds. The average molecular weight is 388 g/mol. The highest BCUT2D eigenvalue weighted by molar-refractivity contribution is 6.30. The number of piperidine rings is 1. The van der Waals surface area contributed by atoms with Gasteiger partial charge in [0.25, 0.3) is 5.91 Å². The molecule has 2 bridgehead atoms. The number of hydrogen-bond acceptors (Lipinski definition) is 3. The van der Waals surface area contributed by atoms with Gasteiger partial charge in [0.05, 0.1) is 12.2 Å². The summed E-state index contributed by atoms with van der Waals surface area (Å²) in [7, 11) is 0. The summed E-state index contributed by atoms with van der Waals surface area (Å²) >= 11 is 5.94. The van der Waals surface area contributed by atoms with E-state index in [0.29, 0.717) is 16.8 Å². The van der Waals surface area contributed by atoms with E-state index < -0.39 is 5.60 Å². The molecule has 0 aliphatic carbocycles. The summed E-state index contributed by atoms with van der Waals surface area (Å²) in [5.74, 6) is 0.729. The van der Waals surface area contributed by atoms with Gasteiger partial charge in [-0.05, 0) is 76.3 Å². The van der Waals surface area contributed by atoms with Crippen molar-refractivity contribution in [3.63, 3.8) is 0 Å². The number of ether oxygens (including phenoxy) is 1. The summed E-state index contributed by atoms with van der Waals surface area (Å²) in [6.07, 6.45) is 8.05. The van der Waals surface area contributed by atoms with Crippen molar-refractivity contribution in [1.29, 1.82) is 0 Å². The standard InChI is InChI=1S/C21H26ClN3O2/c1-14-12-23-24(13-14)18-10-16-6-7-17(11-18)25(16)20(26)21(2,3)27-19-8-4-15(22)5-9-19/h4-5,8-9,12-13,16-18H,6-7,10-11H2,1-3H3. The second-order valence-corrected chi connectivity index (χ2v) is 8.72. The van der Waals surface area contributed by atoms with Gasteiger partial charge in [0, 0.05) is 23.3 Å². The molecule has 0 radical (unpaired) electrons. The van der Waals surface area contributed by atoms with E-state index in [0.717, 1.165) is 25.7 Å². The first-order valence-corrected chi connectivity index (χ1v) is 9.99. The highest BCUT2D eigenvalue weighted by Crippen LogP contribution is 2.42. The molecular weight excluding hydrogens is 362 g/mol. The molecule has 2 fully saturated rings. The molecule has 3 heterocycles. The van der Waals surface area contributed by atoms with E-state index >= 15 is 0 Å². The Balaban J connectivity index is 1.48. The molecule has 0 spiro atoms. The molecule has 6 heteroatoms. The van der Waals surface area contributed by atoms with Gasteiger partial charge in [0.1, 0.15) is 5.75 Å². The molecule has 2 aliphatic rings. The summed E-state index contributed by atoms with van der Waals surface area (Å²) in [4.78, 5) is 15.4. The van der Waals surface area contributed by atoms with Gasteiger partial charge in [-0.25, -0.2) is 0 Å². The summed E-state index contributed by atoms with van der Waals surface area (Å²) in [5.41, 5.74) is 0.266. The van der Waals surface area contributed by atoms with Crippen LogP contribution < -0.4 is 4.74 Å². The van der Waals surface area contributed by atoms with Crippen LogP contribution in [-0.4, -0.2) is 38.3 Å². The van der Waals surface area contributed by atoms with Crippen LogP contribution in [0.15, 0.2) is 36.7 Å². The maximum absolute atomic E-state index is 13.4. The highest BCUT2D eigenvalue weighted by Gasteiger charge is 2.48. The molecule has 2 aliphatic heterocycles. The zero-order chi connectivity index (χ0) is 19.2. The van der Waals surface area contributed by atoms with E-state index in [-0.39, 0.29) is 18.0 Å². The molecule has 4 rings (SSSR count). The molecule has 27 heavy (non-hydrogen) atoms. The lowest BCUT2D eigenvalue weighted by Gasteiger charge is -2.42. The quantitative estimate of drug-likeness (QED) is 0.781. The number of amides is 1. The van der Waals surface area contributed by atoms with E-state index in [4.69, 9.17) is 16.3 Å². The van der Waals surface area contributed by atoms with Crippen LogP contribution in [0, 0.1) is 6.92 Å². The van der Waals surface area contributed by atoms with Crippen molar-refractivity contribution in [3.05, 3.63) is 47.2 Å². The first-order valence-electron chi connectivity index (χ1n) is 9.61. The van der Waals surface area contributed by atoms with Crippen molar-refractivity contribution in [2.75, 3.05) is 0 Å². The van der Waals surface area contributed by atoms with E-state index in [1.807, 2.05) is 20.0 Å². The third-order valence-corrected chi connectivity index (χ3v) is 6.00. The fraction of sp³-hybridized carbons (Fsp3) is 0.524. The molecule has 2 unspecified atom stereocenters. The van der Waals surface area contributed by atoms with Gasteiger partial charge >= 0.3 is 0 Å². The van der Waals surface area contributed by atoms with Gasteiger partial charge in [-0.1, -0.05) is 11.6 Å². The van der Waals surface area contributed by atoms with E-state index in [2.05, 4.69) is 27.8 Å². The number of aromatic nitrogens is 2. The van der Waals surface area contributed by atoms with E-state index in [1.54, 1.807) is 24.3 Å². The first-order chi connectivity index (χ1) is 12.8. The molecule has 0 saturated carbocycles. The summed E-state index contributed by atoms with van der Waals surface area (Å²) in [5, 5.41) is 5.15. The van der Waals surface area contributed by atoms with E-state index in [9.17, 15) is 4.79 Å². The number of hydrogen-bond donors (Lipinski definition) is 0. The highest BCUT2D eigenvalue weighted by atomic mass is 35.5. The van der Waals surface area contributed by atoms with Crippen molar-refractivity contribution in [2.24, 2.45) is 0 Å². The molecular formula is C21H26ClN3O2. The van der Waals surface area contributed by atoms with Gasteiger partial charge in [0.2, 0.25) is 0 Å². The topological polar surface area (TPSA) is 47.4 Å². The van der Waals surface area contributed by atoms with Crippen molar-refractivity contribution < 1.29 is 9.53 Å². The molecule has 2 atom stereocenters. The number of rotatable bonds is 4. The molecule has 144 valence electrons. The molecule has 2 aromatic rings. The minimum atomic E-state index is -0.913. The fourth-order valence-corrected chi connectivity index (χ4v) is 4.61. The second-order valence-electron chi connectivity index (χ2n) is 8.29. The van der Waals surface area contributed by atoms with Crippen LogP contribution in [-0.2, 0) is 4.79 Å². The van der Waals surface area contributed by atoms with Crippen molar-refractivity contribution in [2.45, 2.75) is 70.2 Å². The van der Waals surface area contributed by atoms with Crippen LogP contribution in [0.5, 0.6) is 5.75 Å². The number of benzene rings is 1. The zero-order valence-electron chi connectivity index (χ0n) is 16.1. The Morgan fingerprint density at radius 3 is 2.33 bits per heavy atom. The van der Waals surface area contributed by atoms with Crippen LogP contribution in [0.25, 0.3) is 0 Å². The van der Waals surface area contributed by atoms with Crippen LogP contribution in [0.3, 0.4) is 0 Å². The fourth-order valence-electron chi connectivity index (χ4n) is 4.48. The summed E-state index contributed by atoms with van der Waals surface area (Å²) in [6, 6.07) is 8.06. The number of carbonyl (C=O) groups is 1. The molecule has 2 saturated heterocycles. The molecule has 5 nitrogen and oxygen atoms in total. The molecule has 1 aromatic heterocycles. The summed E-state index contributed by atoms with van der Waals surface area (Å²) in [6.45, 7) is 5.77. The Bertz CT molecular complexity index is 816. The lowest BCUT2D eigenvalue weighted by molar-refractivity contribution is -0.150. The smallest absolute Gasteiger partial charge is 0.266 e. The lowest BCUT2D eigenvalue weighted by atomic mass is 9.95. The van der Waals surface area contributed by atoms with Crippen molar-refractivity contribution in [1.82, 2.24) is 14.7 Å². The Morgan fingerprint density at radius 1 is 1.15 bits per heavy atom. The van der Waals surface area contributed by atoms with Gasteiger partial charge in [-0.2, -0.15) is 5.10 Å². The Kier molecular flexibility index (Phi) is 4.66. The summed E-state index contributed by atoms with van der Waals surface area (Å²) < 4.78 is 8.12. The molecule has 0 N–H and O–H groups in total. The van der Waals surface area contributed by atoms with Crippen LogP contribution >= 0.6 is 11.6 Å². The van der Waals surface area contributed by atoms with Gasteiger partial charge < -0.3 is 9.64 Å². The normalized spacial score (nSPS) is 24.9. The number of halogens is 1. The second kappa shape index (κ2) is 6.86. The monoisotopic (exact) mass is 387 g/mol. The van der Waals surface area contributed by atoms with Gasteiger partial charge in [-0.3, -0.25) is 9.48 Å². The molecule has 1 aromatic carbocycles. The Morgan fingerprint density at radius 2 is 1.78 bits per heavy atom.